The monoisotopic (exact) mass is 430 g/mol. The van der Waals surface area contributed by atoms with Crippen LogP contribution in [0.3, 0.4) is 0 Å². The molecule has 0 saturated carbocycles. The fraction of sp³-hybridized carbons (Fsp3) is 0.296. The number of ether oxygens (including phenoxy) is 2. The predicted octanol–water partition coefficient (Wildman–Crippen LogP) is 4.18. The summed E-state index contributed by atoms with van der Waals surface area (Å²) in [6.45, 7) is 3.83. The molecule has 0 bridgehead atoms. The van der Waals surface area contributed by atoms with Crippen LogP contribution in [0.2, 0.25) is 0 Å². The molecule has 166 valence electrons. The van der Waals surface area contributed by atoms with E-state index < -0.39 is 0 Å². The fourth-order valence-electron chi connectivity index (χ4n) is 4.32. The van der Waals surface area contributed by atoms with Crippen molar-refractivity contribution < 1.29 is 14.3 Å². The van der Waals surface area contributed by atoms with Crippen molar-refractivity contribution in [3.8, 4) is 11.5 Å². The average Bonchev–Trinajstić information content (AvgIpc) is 2.86. The second-order valence-corrected chi connectivity index (χ2v) is 8.03. The minimum atomic E-state index is -0.276. The molecule has 1 fully saturated rings. The van der Waals surface area contributed by atoms with Crippen LogP contribution < -0.4 is 9.47 Å². The maximum absolute atomic E-state index is 13.6. The molecule has 32 heavy (non-hydrogen) atoms. The number of methoxy groups -OCH3 is 2. The molecule has 0 unspecified atom stereocenters. The highest BCUT2D eigenvalue weighted by Crippen LogP contribution is 2.29. The third kappa shape index (κ3) is 4.94. The molecule has 1 heterocycles. The topological polar surface area (TPSA) is 42.0 Å². The van der Waals surface area contributed by atoms with Crippen LogP contribution in [0.25, 0.3) is 0 Å². The molecule has 0 spiro atoms. The molecule has 0 aliphatic carbocycles. The van der Waals surface area contributed by atoms with Gasteiger partial charge in [0.15, 0.2) is 0 Å². The molecule has 3 aromatic carbocycles. The van der Waals surface area contributed by atoms with Crippen LogP contribution in [0.5, 0.6) is 11.5 Å². The molecule has 1 saturated heterocycles. The van der Waals surface area contributed by atoms with Gasteiger partial charge in [0.2, 0.25) is 5.91 Å². The van der Waals surface area contributed by atoms with E-state index in [9.17, 15) is 4.79 Å². The Kier molecular flexibility index (Phi) is 7.07. The van der Waals surface area contributed by atoms with Gasteiger partial charge in [-0.15, -0.1) is 0 Å². The number of carbonyl (C=O) groups excluding carboxylic acids is 1. The summed E-state index contributed by atoms with van der Waals surface area (Å²) in [6, 6.07) is 26.0. The average molecular weight is 431 g/mol. The van der Waals surface area contributed by atoms with Crippen molar-refractivity contribution in [1.82, 2.24) is 9.80 Å². The fourth-order valence-corrected chi connectivity index (χ4v) is 4.32. The number of piperazine rings is 1. The van der Waals surface area contributed by atoms with E-state index in [2.05, 4.69) is 4.90 Å². The van der Waals surface area contributed by atoms with Crippen LogP contribution in [0.4, 0.5) is 0 Å². The Morgan fingerprint density at radius 2 is 1.41 bits per heavy atom. The van der Waals surface area contributed by atoms with Gasteiger partial charge in [0, 0.05) is 38.3 Å². The Labute approximate surface area is 190 Å². The Morgan fingerprint density at radius 1 is 0.812 bits per heavy atom. The number of rotatable bonds is 7. The third-order valence-electron chi connectivity index (χ3n) is 6.08. The van der Waals surface area contributed by atoms with Gasteiger partial charge in [0.1, 0.15) is 11.5 Å². The van der Waals surface area contributed by atoms with E-state index in [1.807, 2.05) is 83.8 Å². The molecule has 5 heteroatoms. The van der Waals surface area contributed by atoms with Gasteiger partial charge >= 0.3 is 0 Å². The molecule has 0 aromatic heterocycles. The van der Waals surface area contributed by atoms with Gasteiger partial charge < -0.3 is 14.4 Å². The highest BCUT2D eigenvalue weighted by Gasteiger charge is 2.30. The summed E-state index contributed by atoms with van der Waals surface area (Å²) in [5.74, 6) is 1.57. The summed E-state index contributed by atoms with van der Waals surface area (Å²) >= 11 is 0. The number of amides is 1. The van der Waals surface area contributed by atoms with Crippen molar-refractivity contribution in [1.29, 1.82) is 0 Å². The van der Waals surface area contributed by atoms with Crippen LogP contribution in [0.15, 0.2) is 78.9 Å². The van der Waals surface area contributed by atoms with Gasteiger partial charge in [-0.25, -0.2) is 0 Å². The summed E-state index contributed by atoms with van der Waals surface area (Å²) in [7, 11) is 3.36. The Bertz CT molecular complexity index is 976. The van der Waals surface area contributed by atoms with Crippen LogP contribution in [0.1, 0.15) is 22.6 Å². The number of nitrogens with zero attached hydrogens (tertiary/aromatic N) is 2. The molecule has 0 N–H and O–H groups in total. The van der Waals surface area contributed by atoms with Crippen molar-refractivity contribution in [3.63, 3.8) is 0 Å². The molecule has 1 aliphatic rings. The quantitative estimate of drug-likeness (QED) is 0.564. The highest BCUT2D eigenvalue weighted by atomic mass is 16.5. The Hall–Kier alpha value is -3.31. The Balaban J connectivity index is 1.46. The lowest BCUT2D eigenvalue weighted by Crippen LogP contribution is -2.49. The van der Waals surface area contributed by atoms with Crippen molar-refractivity contribution in [2.75, 3.05) is 40.4 Å². The second-order valence-electron chi connectivity index (χ2n) is 8.03. The van der Waals surface area contributed by atoms with Gasteiger partial charge in [-0.3, -0.25) is 9.69 Å². The van der Waals surface area contributed by atoms with Crippen LogP contribution >= 0.6 is 0 Å². The summed E-state index contributed by atoms with van der Waals surface area (Å²) in [4.78, 5) is 18.0. The smallest absolute Gasteiger partial charge is 0.234 e. The van der Waals surface area contributed by atoms with Gasteiger partial charge in [0.05, 0.1) is 20.1 Å². The van der Waals surface area contributed by atoms with E-state index in [1.165, 1.54) is 0 Å². The first kappa shape index (κ1) is 21.9. The van der Waals surface area contributed by atoms with Crippen molar-refractivity contribution in [3.05, 3.63) is 95.6 Å². The van der Waals surface area contributed by atoms with E-state index in [0.717, 1.165) is 47.8 Å². The van der Waals surface area contributed by atoms with Crippen molar-refractivity contribution >= 4 is 5.91 Å². The largest absolute Gasteiger partial charge is 0.497 e. The van der Waals surface area contributed by atoms with Gasteiger partial charge in [-0.1, -0.05) is 60.7 Å². The first-order valence-corrected chi connectivity index (χ1v) is 11.0. The molecule has 3 aromatic rings. The minimum absolute atomic E-state index is 0.168. The summed E-state index contributed by atoms with van der Waals surface area (Å²) in [5.41, 5.74) is 3.16. The normalized spacial score (nSPS) is 14.4. The molecule has 0 radical (unpaired) electrons. The highest BCUT2D eigenvalue weighted by molar-refractivity contribution is 5.87. The number of hydrogen-bond acceptors (Lipinski definition) is 4. The van der Waals surface area contributed by atoms with Crippen LogP contribution in [-0.4, -0.2) is 56.1 Å². The van der Waals surface area contributed by atoms with Crippen molar-refractivity contribution in [2.24, 2.45) is 0 Å². The number of hydrogen-bond donors (Lipinski definition) is 0. The zero-order valence-electron chi connectivity index (χ0n) is 18.7. The molecule has 4 rings (SSSR count). The van der Waals surface area contributed by atoms with E-state index >= 15 is 0 Å². The minimum Gasteiger partial charge on any atom is -0.497 e. The predicted molar refractivity (Wildman–Crippen MR) is 126 cm³/mol. The second kappa shape index (κ2) is 10.3. The van der Waals surface area contributed by atoms with Gasteiger partial charge in [-0.2, -0.15) is 0 Å². The zero-order chi connectivity index (χ0) is 22.3. The Morgan fingerprint density at radius 3 is 1.94 bits per heavy atom. The molecule has 5 nitrogen and oxygen atoms in total. The number of benzene rings is 3. The molecular formula is C27H30N2O3. The van der Waals surface area contributed by atoms with E-state index in [4.69, 9.17) is 9.47 Å². The summed E-state index contributed by atoms with van der Waals surface area (Å²) in [5, 5.41) is 0. The molecule has 1 amide bonds. The SMILES string of the molecule is COc1ccc(OC)c(CN2CCN(C(=O)C(c3ccccc3)c3ccccc3)CC2)c1. The van der Waals surface area contributed by atoms with Crippen LogP contribution in [-0.2, 0) is 11.3 Å². The lowest BCUT2D eigenvalue weighted by Gasteiger charge is -2.37. The maximum Gasteiger partial charge on any atom is 0.234 e. The first-order chi connectivity index (χ1) is 15.7. The molecule has 0 atom stereocenters. The molecular weight excluding hydrogens is 400 g/mol. The number of carbonyl (C=O) groups is 1. The van der Waals surface area contributed by atoms with E-state index in [0.29, 0.717) is 13.1 Å². The van der Waals surface area contributed by atoms with E-state index in [-0.39, 0.29) is 11.8 Å². The standard InChI is InChI=1S/C27H30N2O3/c1-31-24-13-14-25(32-2)23(19-24)20-28-15-17-29(18-16-28)27(30)26(21-9-5-3-6-10-21)22-11-7-4-8-12-22/h3-14,19,26H,15-18,20H2,1-2H3. The summed E-state index contributed by atoms with van der Waals surface area (Å²) in [6.07, 6.45) is 0. The lowest BCUT2D eigenvalue weighted by atomic mass is 9.90. The molecule has 1 aliphatic heterocycles. The van der Waals surface area contributed by atoms with Gasteiger partial charge in [0.25, 0.3) is 0 Å². The third-order valence-corrected chi connectivity index (χ3v) is 6.08. The summed E-state index contributed by atoms with van der Waals surface area (Å²) < 4.78 is 10.9. The van der Waals surface area contributed by atoms with E-state index in [1.54, 1.807) is 14.2 Å². The first-order valence-electron chi connectivity index (χ1n) is 11.0. The van der Waals surface area contributed by atoms with Crippen molar-refractivity contribution in [2.45, 2.75) is 12.5 Å². The van der Waals surface area contributed by atoms with Crippen LogP contribution in [0, 0.1) is 0 Å². The zero-order valence-corrected chi connectivity index (χ0v) is 18.7. The maximum atomic E-state index is 13.6. The van der Waals surface area contributed by atoms with Gasteiger partial charge in [-0.05, 0) is 29.3 Å². The lowest BCUT2D eigenvalue weighted by molar-refractivity contribution is -0.133.